The number of hydrogen-bond donors (Lipinski definition) is 2. The topological polar surface area (TPSA) is 39.7 Å². The third-order valence-electron chi connectivity index (χ3n) is 4.01. The largest absolute Gasteiger partial charge is 0.390 e. The Kier molecular flexibility index (Phi) is 8.81. The van der Waals surface area contributed by atoms with E-state index in [-0.39, 0.29) is 36.6 Å². The number of nitrogens with one attached hydrogen (secondary N) is 2. The van der Waals surface area contributed by atoms with Crippen LogP contribution in [0.4, 0.5) is 18.9 Å². The van der Waals surface area contributed by atoms with Crippen LogP contribution >= 0.6 is 24.0 Å². The molecule has 0 saturated heterocycles. The minimum absolute atomic E-state index is 0. The number of aliphatic imine (C=N–C) groups is 1. The molecule has 2 N–H and O–H groups in total. The molecule has 0 bridgehead atoms. The molecule has 1 atom stereocenters. The maximum absolute atomic E-state index is 12.2. The average Bonchev–Trinajstić information content (AvgIpc) is 2.95. The van der Waals surface area contributed by atoms with Gasteiger partial charge in [0.05, 0.1) is 13.0 Å². The molecule has 0 aromatic heterocycles. The fourth-order valence-electron chi connectivity index (χ4n) is 2.81. The summed E-state index contributed by atoms with van der Waals surface area (Å²) in [6.07, 6.45) is -4.00. The number of hydrogen-bond acceptors (Lipinski definition) is 2. The number of anilines is 1. The van der Waals surface area contributed by atoms with Crippen LogP contribution in [0.25, 0.3) is 0 Å². The third-order valence-corrected chi connectivity index (χ3v) is 4.01. The van der Waals surface area contributed by atoms with Crippen LogP contribution in [0.2, 0.25) is 0 Å². The van der Waals surface area contributed by atoms with E-state index in [1.54, 1.807) is 0 Å². The number of rotatable bonds is 6. The Morgan fingerprint density at radius 3 is 2.68 bits per heavy atom. The zero-order chi connectivity index (χ0) is 17.6. The van der Waals surface area contributed by atoms with Crippen molar-refractivity contribution in [2.24, 2.45) is 4.99 Å². The first-order chi connectivity index (χ1) is 11.4. The predicted molar refractivity (Wildman–Crippen MR) is 107 cm³/mol. The van der Waals surface area contributed by atoms with Crippen LogP contribution in [0.5, 0.6) is 0 Å². The molecule has 1 unspecified atom stereocenters. The summed E-state index contributed by atoms with van der Waals surface area (Å²) < 4.78 is 36.7. The van der Waals surface area contributed by atoms with E-state index >= 15 is 0 Å². The summed E-state index contributed by atoms with van der Waals surface area (Å²) in [5.74, 6) is 0.432. The van der Waals surface area contributed by atoms with Gasteiger partial charge in [0.15, 0.2) is 5.96 Å². The van der Waals surface area contributed by atoms with Crippen molar-refractivity contribution in [1.82, 2.24) is 10.6 Å². The Bertz CT molecular complexity index is 563. The number of guanidine groups is 1. The Hall–Kier alpha value is -1.19. The molecule has 25 heavy (non-hydrogen) atoms. The Morgan fingerprint density at radius 2 is 2.00 bits per heavy atom. The zero-order valence-corrected chi connectivity index (χ0v) is 16.9. The van der Waals surface area contributed by atoms with Gasteiger partial charge in [-0.1, -0.05) is 18.2 Å². The second kappa shape index (κ2) is 10.1. The van der Waals surface area contributed by atoms with Crippen LogP contribution in [0.1, 0.15) is 25.8 Å². The van der Waals surface area contributed by atoms with Crippen molar-refractivity contribution in [3.8, 4) is 0 Å². The smallest absolute Gasteiger partial charge is 0.366 e. The van der Waals surface area contributed by atoms with Crippen molar-refractivity contribution in [2.45, 2.75) is 38.9 Å². The molecule has 8 heteroatoms. The molecule has 0 fully saturated rings. The molecule has 1 aliphatic heterocycles. The zero-order valence-electron chi connectivity index (χ0n) is 14.6. The van der Waals surface area contributed by atoms with E-state index in [1.807, 2.05) is 19.1 Å². The van der Waals surface area contributed by atoms with E-state index in [2.05, 4.69) is 39.6 Å². The first-order valence-electron chi connectivity index (χ1n) is 8.34. The summed E-state index contributed by atoms with van der Waals surface area (Å²) in [5.41, 5.74) is 2.57. The van der Waals surface area contributed by atoms with Crippen LogP contribution in [0, 0.1) is 0 Å². The third kappa shape index (κ3) is 6.91. The molecular formula is C17H26F3IN4. The van der Waals surface area contributed by atoms with Gasteiger partial charge in [-0.2, -0.15) is 13.2 Å². The maximum Gasteiger partial charge on any atom is 0.390 e. The quantitative estimate of drug-likeness (QED) is 0.380. The molecule has 1 aromatic carbocycles. The lowest BCUT2D eigenvalue weighted by atomic mass is 10.2. The highest BCUT2D eigenvalue weighted by molar-refractivity contribution is 14.0. The molecule has 1 aliphatic rings. The van der Waals surface area contributed by atoms with Crippen molar-refractivity contribution in [1.29, 1.82) is 0 Å². The monoisotopic (exact) mass is 470 g/mol. The van der Waals surface area contributed by atoms with Crippen LogP contribution in [0.3, 0.4) is 0 Å². The molecular weight excluding hydrogens is 444 g/mol. The fraction of sp³-hybridized carbons (Fsp3) is 0.588. The van der Waals surface area contributed by atoms with Gasteiger partial charge in [0, 0.05) is 31.4 Å². The number of fused-ring (bicyclic) bond motifs is 1. The van der Waals surface area contributed by atoms with E-state index in [4.69, 9.17) is 0 Å². The van der Waals surface area contributed by atoms with Gasteiger partial charge in [0.2, 0.25) is 0 Å². The predicted octanol–water partition coefficient (Wildman–Crippen LogP) is 3.56. The Morgan fingerprint density at radius 1 is 1.28 bits per heavy atom. The van der Waals surface area contributed by atoms with Crippen LogP contribution < -0.4 is 15.5 Å². The van der Waals surface area contributed by atoms with E-state index in [0.717, 1.165) is 13.0 Å². The van der Waals surface area contributed by atoms with Gasteiger partial charge in [-0.3, -0.25) is 4.99 Å². The first-order valence-corrected chi connectivity index (χ1v) is 8.34. The van der Waals surface area contributed by atoms with Crippen molar-refractivity contribution in [3.05, 3.63) is 29.8 Å². The van der Waals surface area contributed by atoms with E-state index in [1.165, 1.54) is 11.3 Å². The van der Waals surface area contributed by atoms with Crippen molar-refractivity contribution < 1.29 is 13.2 Å². The summed E-state index contributed by atoms with van der Waals surface area (Å²) in [5, 5.41) is 5.73. The number of alkyl halides is 3. The highest BCUT2D eigenvalue weighted by Crippen LogP contribution is 2.29. The normalized spacial score (nSPS) is 15.4. The van der Waals surface area contributed by atoms with Gasteiger partial charge in [0.25, 0.3) is 0 Å². The van der Waals surface area contributed by atoms with Crippen molar-refractivity contribution in [2.75, 3.05) is 31.1 Å². The minimum Gasteiger partial charge on any atom is -0.366 e. The minimum atomic E-state index is -4.16. The molecule has 2 rings (SSSR count). The summed E-state index contributed by atoms with van der Waals surface area (Å²) in [6, 6.07) is 8.49. The standard InChI is InChI=1S/C17H25F3N4.HI/c1-3-21-16(22-10-9-17(18,19)20)23-12-13(2)24-11-8-14-6-4-5-7-15(14)24;/h4-7,13H,3,8-12H2,1-2H3,(H2,21,22,23);1H. The number of para-hydroxylation sites is 1. The van der Waals surface area contributed by atoms with Gasteiger partial charge < -0.3 is 15.5 Å². The van der Waals surface area contributed by atoms with Crippen LogP contribution in [-0.2, 0) is 6.42 Å². The first kappa shape index (κ1) is 21.9. The molecule has 0 spiro atoms. The second-order valence-corrected chi connectivity index (χ2v) is 5.93. The van der Waals surface area contributed by atoms with Gasteiger partial charge >= 0.3 is 6.18 Å². The van der Waals surface area contributed by atoms with E-state index < -0.39 is 12.6 Å². The molecule has 142 valence electrons. The van der Waals surface area contributed by atoms with Crippen LogP contribution in [-0.4, -0.2) is 44.4 Å². The van der Waals surface area contributed by atoms with E-state index in [0.29, 0.717) is 19.0 Å². The number of halogens is 4. The van der Waals surface area contributed by atoms with Gasteiger partial charge in [-0.25, -0.2) is 0 Å². The number of benzene rings is 1. The summed E-state index contributed by atoms with van der Waals surface area (Å²) in [4.78, 5) is 6.74. The lowest BCUT2D eigenvalue weighted by Crippen LogP contribution is -2.40. The molecule has 1 heterocycles. The molecule has 0 radical (unpaired) electrons. The Labute approximate surface area is 164 Å². The molecule has 0 amide bonds. The van der Waals surface area contributed by atoms with Crippen molar-refractivity contribution >= 4 is 35.6 Å². The lowest BCUT2D eigenvalue weighted by Gasteiger charge is -2.26. The lowest BCUT2D eigenvalue weighted by molar-refractivity contribution is -0.132. The SMILES string of the molecule is CCNC(=NCC(C)N1CCc2ccccc21)NCCC(F)(F)F.I. The molecule has 4 nitrogen and oxygen atoms in total. The molecule has 1 aromatic rings. The van der Waals surface area contributed by atoms with Gasteiger partial charge in [0.1, 0.15) is 0 Å². The van der Waals surface area contributed by atoms with Crippen LogP contribution in [0.15, 0.2) is 29.3 Å². The molecule has 0 saturated carbocycles. The van der Waals surface area contributed by atoms with Gasteiger partial charge in [-0.15, -0.1) is 24.0 Å². The second-order valence-electron chi connectivity index (χ2n) is 5.93. The highest BCUT2D eigenvalue weighted by Gasteiger charge is 2.26. The summed E-state index contributed by atoms with van der Waals surface area (Å²) in [6.45, 7) is 5.89. The number of nitrogens with zero attached hydrogens (tertiary/aromatic N) is 2. The molecule has 0 aliphatic carbocycles. The average molecular weight is 470 g/mol. The summed E-state index contributed by atoms with van der Waals surface area (Å²) >= 11 is 0. The summed E-state index contributed by atoms with van der Waals surface area (Å²) in [7, 11) is 0. The van der Waals surface area contributed by atoms with Gasteiger partial charge in [-0.05, 0) is 31.9 Å². The van der Waals surface area contributed by atoms with Crippen molar-refractivity contribution in [3.63, 3.8) is 0 Å². The Balaban J connectivity index is 0.00000312. The fourth-order valence-corrected chi connectivity index (χ4v) is 2.81. The maximum atomic E-state index is 12.2. The van der Waals surface area contributed by atoms with E-state index in [9.17, 15) is 13.2 Å². The highest BCUT2D eigenvalue weighted by atomic mass is 127.